The van der Waals surface area contributed by atoms with E-state index in [-0.39, 0.29) is 29.5 Å². The Morgan fingerprint density at radius 1 is 0.556 bits per heavy atom. The van der Waals surface area contributed by atoms with Gasteiger partial charge in [0.05, 0.1) is 38.7 Å². The number of hydrogen-bond acceptors (Lipinski definition) is 4. The molecule has 1 aliphatic rings. The number of carbonyl (C=O) groups excluding carboxylic acids is 2. The maximum absolute atomic E-state index is 11.3. The van der Waals surface area contributed by atoms with Crippen LogP contribution in [0.3, 0.4) is 0 Å². The third-order valence-electron chi connectivity index (χ3n) is 4.69. The zero-order valence-electron chi connectivity index (χ0n) is 17.7. The summed E-state index contributed by atoms with van der Waals surface area (Å²) >= 11 is 23.8. The van der Waals surface area contributed by atoms with Crippen molar-refractivity contribution in [2.75, 3.05) is 0 Å². The van der Waals surface area contributed by atoms with E-state index >= 15 is 0 Å². The van der Waals surface area contributed by atoms with Crippen LogP contribution >= 0.6 is 86.9 Å². The Labute approximate surface area is 248 Å². The Bertz CT molecular complexity index is 1350. The largest absolute Gasteiger partial charge is 0.618 e. The van der Waals surface area contributed by atoms with Crippen LogP contribution in [-0.4, -0.2) is 11.6 Å². The van der Waals surface area contributed by atoms with E-state index in [0.29, 0.717) is 21.1 Å². The van der Waals surface area contributed by atoms with Gasteiger partial charge in [-0.05, 0) is 75.9 Å². The predicted molar refractivity (Wildman–Crippen MR) is 156 cm³/mol. The number of rotatable bonds is 0. The zero-order valence-corrected chi connectivity index (χ0v) is 25.6. The monoisotopic (exact) mass is 778 g/mol. The summed E-state index contributed by atoms with van der Waals surface area (Å²) in [6, 6.07) is 17.7. The van der Waals surface area contributed by atoms with Crippen LogP contribution in [0.2, 0.25) is 10.0 Å². The number of Topliss-reactive ketones (excluding diaryl/α,β-unsaturated/α-hetero) is 2. The van der Waals surface area contributed by atoms with Gasteiger partial charge in [-0.25, -0.2) is 0 Å². The maximum atomic E-state index is 11.3. The van der Waals surface area contributed by atoms with E-state index in [9.17, 15) is 20.0 Å². The summed E-state index contributed by atoms with van der Waals surface area (Å²) in [6.07, 6.45) is 2.81. The highest BCUT2D eigenvalue weighted by Crippen LogP contribution is 2.36. The molecule has 0 radical (unpaired) electrons. The summed E-state index contributed by atoms with van der Waals surface area (Å²) in [6.45, 7) is 0. The minimum absolute atomic E-state index is 0.238. The average Bonchev–Trinajstić information content (AvgIpc) is 2.90. The molecule has 2 aromatic carbocycles. The molecule has 0 N–H and O–H groups in total. The van der Waals surface area contributed by atoms with E-state index in [0.717, 1.165) is 20.2 Å². The fourth-order valence-corrected chi connectivity index (χ4v) is 5.41. The lowest BCUT2D eigenvalue weighted by molar-refractivity contribution is -0.577. The molecular weight excluding hydrogens is 771 g/mol. The molecule has 1 aliphatic carbocycles. The molecule has 5 rings (SSSR count). The quantitative estimate of drug-likeness (QED) is 0.106. The van der Waals surface area contributed by atoms with Gasteiger partial charge in [0, 0.05) is 24.3 Å². The minimum atomic E-state index is -0.256. The Balaban J connectivity index is 0.000000150. The summed E-state index contributed by atoms with van der Waals surface area (Å²) in [7, 11) is 0. The number of ketones is 2. The van der Waals surface area contributed by atoms with Gasteiger partial charge in [-0.3, -0.25) is 9.59 Å². The fraction of sp³-hybridized carbons (Fsp3) is 0. The highest BCUT2D eigenvalue weighted by Gasteiger charge is 2.29. The summed E-state index contributed by atoms with van der Waals surface area (Å²) < 4.78 is 2.57. The van der Waals surface area contributed by atoms with Gasteiger partial charge in [-0.1, -0.05) is 47.5 Å². The van der Waals surface area contributed by atoms with Crippen molar-refractivity contribution in [3.63, 3.8) is 0 Å². The average molecular weight is 783 g/mol. The van der Waals surface area contributed by atoms with Crippen LogP contribution in [0.1, 0.15) is 0 Å². The van der Waals surface area contributed by atoms with Crippen LogP contribution in [0.25, 0.3) is 21.8 Å². The number of halogens is 6. The van der Waals surface area contributed by atoms with Gasteiger partial charge in [0.25, 0.3) is 0 Å². The van der Waals surface area contributed by atoms with Crippen molar-refractivity contribution < 1.29 is 19.0 Å². The third-order valence-corrected chi connectivity index (χ3v) is 9.44. The van der Waals surface area contributed by atoms with Gasteiger partial charge in [0.1, 0.15) is 0 Å². The molecule has 0 atom stereocenters. The van der Waals surface area contributed by atoms with Crippen LogP contribution in [0, 0.1) is 10.4 Å². The molecule has 2 heterocycles. The predicted octanol–water partition coefficient (Wildman–Crippen LogP) is 7.39. The molecule has 0 fully saturated rings. The smallest absolute Gasteiger partial charge is 0.225 e. The number of pyridine rings is 2. The minimum Gasteiger partial charge on any atom is -0.618 e. The molecule has 4 aromatic rings. The van der Waals surface area contributed by atoms with Crippen LogP contribution < -0.4 is 9.46 Å². The second-order valence-electron chi connectivity index (χ2n) is 6.93. The number of nitrogens with zero attached hydrogens (tertiary/aromatic N) is 2. The molecule has 0 unspecified atom stereocenters. The van der Waals surface area contributed by atoms with Gasteiger partial charge in [-0.15, -0.1) is 0 Å². The number of para-hydroxylation sites is 2. The van der Waals surface area contributed by atoms with Gasteiger partial charge in [0.15, 0.2) is 12.4 Å². The normalized spacial score (nSPS) is 13.4. The maximum Gasteiger partial charge on any atom is 0.225 e. The molecule has 0 spiro atoms. The summed E-state index contributed by atoms with van der Waals surface area (Å²) in [4.78, 5) is 22.5. The Morgan fingerprint density at radius 2 is 0.861 bits per heavy atom. The molecular formula is C24H12Br4Cl2N2O4. The van der Waals surface area contributed by atoms with Crippen molar-refractivity contribution in [2.45, 2.75) is 0 Å². The molecule has 12 heteroatoms. The molecule has 0 saturated carbocycles. The molecule has 6 nitrogen and oxygen atoms in total. The lowest BCUT2D eigenvalue weighted by Gasteiger charge is -2.09. The van der Waals surface area contributed by atoms with Gasteiger partial charge in [0.2, 0.25) is 22.6 Å². The van der Waals surface area contributed by atoms with Crippen LogP contribution in [0.15, 0.2) is 91.0 Å². The fourth-order valence-electron chi connectivity index (χ4n) is 2.93. The third kappa shape index (κ3) is 6.35. The van der Waals surface area contributed by atoms with E-state index < -0.39 is 0 Å². The van der Waals surface area contributed by atoms with Crippen molar-refractivity contribution in [3.05, 3.63) is 111 Å². The molecule has 0 saturated heterocycles. The first kappa shape index (κ1) is 28.7. The van der Waals surface area contributed by atoms with Gasteiger partial charge < -0.3 is 10.4 Å². The van der Waals surface area contributed by atoms with Crippen molar-refractivity contribution in [2.24, 2.45) is 0 Å². The summed E-state index contributed by atoms with van der Waals surface area (Å²) in [5.74, 6) is -0.512. The second-order valence-corrected chi connectivity index (χ2v) is 10.9. The molecule has 184 valence electrons. The van der Waals surface area contributed by atoms with E-state index in [2.05, 4.69) is 63.7 Å². The highest BCUT2D eigenvalue weighted by molar-refractivity contribution is 9.16. The van der Waals surface area contributed by atoms with Crippen molar-refractivity contribution >= 4 is 120 Å². The SMILES string of the molecule is O=C1C(Br)=C(Br)C(=O)C(Br)=C1Br.[O-][n+]1ccc(Cl)c2ccccc21.[O-][n+]1ccc(Cl)c2ccccc21. The first-order valence-electron chi connectivity index (χ1n) is 9.77. The Morgan fingerprint density at radius 3 is 1.17 bits per heavy atom. The molecule has 2 aromatic heterocycles. The van der Waals surface area contributed by atoms with Crippen molar-refractivity contribution in [1.82, 2.24) is 0 Å². The second kappa shape index (κ2) is 12.6. The van der Waals surface area contributed by atoms with Crippen molar-refractivity contribution in [1.29, 1.82) is 0 Å². The Kier molecular flexibility index (Phi) is 10.1. The number of allylic oxidation sites excluding steroid dienone is 4. The molecule has 0 bridgehead atoms. The number of aromatic nitrogens is 2. The van der Waals surface area contributed by atoms with Crippen molar-refractivity contribution in [3.8, 4) is 0 Å². The lowest BCUT2D eigenvalue weighted by Crippen LogP contribution is -2.25. The van der Waals surface area contributed by atoms with Crippen LogP contribution in [0.5, 0.6) is 0 Å². The number of fused-ring (bicyclic) bond motifs is 2. The van der Waals surface area contributed by atoms with E-state index in [1.165, 1.54) is 12.4 Å². The highest BCUT2D eigenvalue weighted by atomic mass is 79.9. The number of benzene rings is 2. The zero-order chi connectivity index (χ0) is 26.6. The van der Waals surface area contributed by atoms with Crippen LogP contribution in [-0.2, 0) is 9.59 Å². The van der Waals surface area contributed by atoms with E-state index in [1.807, 2.05) is 36.4 Å². The van der Waals surface area contributed by atoms with E-state index in [1.54, 1.807) is 24.3 Å². The van der Waals surface area contributed by atoms with Crippen LogP contribution in [0.4, 0.5) is 0 Å². The first-order chi connectivity index (χ1) is 17.0. The lowest BCUT2D eigenvalue weighted by atomic mass is 10.2. The number of carbonyl (C=O) groups is 2. The first-order valence-corrected chi connectivity index (χ1v) is 13.7. The number of hydrogen-bond donors (Lipinski definition) is 0. The molecule has 36 heavy (non-hydrogen) atoms. The topological polar surface area (TPSA) is 88.0 Å². The standard InChI is InChI=1S/2C9H6ClNO.C6Br4O2/c2*10-8-5-6-11(12)9-4-2-1-3-7(8)9;7-1-2(8)6(12)4(10)3(9)5(1)11/h2*1-6H;. The van der Waals surface area contributed by atoms with Gasteiger partial charge in [-0.2, -0.15) is 9.46 Å². The summed E-state index contributed by atoms with van der Waals surface area (Å²) in [5, 5.41) is 25.2. The van der Waals surface area contributed by atoms with E-state index in [4.69, 9.17) is 23.2 Å². The Hall–Kier alpha value is -1.82. The molecule has 0 aliphatic heterocycles. The summed E-state index contributed by atoms with van der Waals surface area (Å²) in [5.41, 5.74) is 1.20. The molecule has 0 amide bonds. The van der Waals surface area contributed by atoms with Gasteiger partial charge >= 0.3 is 0 Å².